The monoisotopic (exact) mass is 181 g/mol. The molecule has 0 aromatic rings. The predicted octanol–water partition coefficient (Wildman–Crippen LogP) is 3.05. The van der Waals surface area contributed by atoms with Crippen molar-refractivity contribution in [1.29, 1.82) is 0 Å². The lowest BCUT2D eigenvalue weighted by Gasteiger charge is -2.37. The van der Waals surface area contributed by atoms with Crippen LogP contribution in [-0.4, -0.2) is 24.0 Å². The summed E-state index contributed by atoms with van der Waals surface area (Å²) < 4.78 is 0. The first-order chi connectivity index (χ1) is 6.42. The molecule has 2 aliphatic rings. The van der Waals surface area contributed by atoms with E-state index in [4.69, 9.17) is 0 Å². The van der Waals surface area contributed by atoms with Crippen molar-refractivity contribution in [3.8, 4) is 0 Å². The molecule has 0 radical (unpaired) electrons. The molecular weight excluding hydrogens is 158 g/mol. The van der Waals surface area contributed by atoms with Gasteiger partial charge in [-0.15, -0.1) is 0 Å². The van der Waals surface area contributed by atoms with E-state index in [0.29, 0.717) is 0 Å². The zero-order chi connectivity index (χ0) is 9.10. The number of piperidine rings is 1. The second kappa shape index (κ2) is 4.45. The Kier molecular flexibility index (Phi) is 3.26. The maximum atomic E-state index is 2.78. The zero-order valence-corrected chi connectivity index (χ0v) is 8.97. The Balaban J connectivity index is 1.86. The lowest BCUT2D eigenvalue weighted by Crippen LogP contribution is -2.42. The van der Waals surface area contributed by atoms with Crippen molar-refractivity contribution in [2.75, 3.05) is 13.1 Å². The first-order valence-corrected chi connectivity index (χ1v) is 6.16. The minimum absolute atomic E-state index is 0.986. The number of rotatable bonds is 3. The molecule has 2 fully saturated rings. The summed E-state index contributed by atoms with van der Waals surface area (Å²) in [5.41, 5.74) is 0. The van der Waals surface area contributed by atoms with E-state index >= 15 is 0 Å². The van der Waals surface area contributed by atoms with Crippen LogP contribution < -0.4 is 0 Å². The third-order valence-corrected chi connectivity index (χ3v) is 3.91. The Bertz CT molecular complexity index is 155. The number of nitrogens with zero attached hydrogens (tertiary/aromatic N) is 1. The molecule has 2 atom stereocenters. The Morgan fingerprint density at radius 2 is 2.00 bits per heavy atom. The van der Waals surface area contributed by atoms with Gasteiger partial charge >= 0.3 is 0 Å². The highest BCUT2D eigenvalue weighted by atomic mass is 15.2. The summed E-state index contributed by atoms with van der Waals surface area (Å²) in [6.45, 7) is 5.06. The standard InChI is InChI=1S/C12H23N/c1-2-3-9-13-10-5-7-11-6-4-8-12(11)13/h11-12H,2-10H2,1H3. The van der Waals surface area contributed by atoms with E-state index < -0.39 is 0 Å². The van der Waals surface area contributed by atoms with Crippen molar-refractivity contribution in [1.82, 2.24) is 4.90 Å². The van der Waals surface area contributed by atoms with Crippen molar-refractivity contribution in [2.45, 2.75) is 57.9 Å². The van der Waals surface area contributed by atoms with Gasteiger partial charge in [0.25, 0.3) is 0 Å². The van der Waals surface area contributed by atoms with E-state index in [1.54, 1.807) is 0 Å². The molecule has 0 aromatic carbocycles. The van der Waals surface area contributed by atoms with Crippen molar-refractivity contribution < 1.29 is 0 Å². The predicted molar refractivity (Wildman–Crippen MR) is 56.8 cm³/mol. The Morgan fingerprint density at radius 1 is 1.15 bits per heavy atom. The molecule has 1 saturated carbocycles. The van der Waals surface area contributed by atoms with Crippen LogP contribution in [0.15, 0.2) is 0 Å². The van der Waals surface area contributed by atoms with Gasteiger partial charge in [0.05, 0.1) is 0 Å². The largest absolute Gasteiger partial charge is 0.300 e. The van der Waals surface area contributed by atoms with Crippen molar-refractivity contribution in [2.24, 2.45) is 5.92 Å². The second-order valence-corrected chi connectivity index (χ2v) is 4.79. The SMILES string of the molecule is CCCCN1CCCC2CCCC21. The maximum absolute atomic E-state index is 2.78. The molecule has 1 aliphatic carbocycles. The third-order valence-electron chi connectivity index (χ3n) is 3.91. The molecule has 76 valence electrons. The lowest BCUT2D eigenvalue weighted by molar-refractivity contribution is 0.112. The molecule has 1 heterocycles. The topological polar surface area (TPSA) is 3.24 Å². The third kappa shape index (κ3) is 2.07. The molecule has 0 bridgehead atoms. The Morgan fingerprint density at radius 3 is 2.85 bits per heavy atom. The van der Waals surface area contributed by atoms with E-state index in [0.717, 1.165) is 12.0 Å². The van der Waals surface area contributed by atoms with Gasteiger partial charge in [-0.3, -0.25) is 0 Å². The van der Waals surface area contributed by atoms with Crippen LogP contribution in [0.25, 0.3) is 0 Å². The minimum Gasteiger partial charge on any atom is -0.300 e. The van der Waals surface area contributed by atoms with Gasteiger partial charge in [-0.2, -0.15) is 0 Å². The molecule has 0 N–H and O–H groups in total. The number of fused-ring (bicyclic) bond motifs is 1. The van der Waals surface area contributed by atoms with E-state index in [1.807, 2.05) is 0 Å². The summed E-state index contributed by atoms with van der Waals surface area (Å²) >= 11 is 0. The van der Waals surface area contributed by atoms with E-state index in [1.165, 1.54) is 58.0 Å². The molecule has 0 amide bonds. The molecule has 1 aliphatic heterocycles. The van der Waals surface area contributed by atoms with Crippen LogP contribution in [0.2, 0.25) is 0 Å². The highest BCUT2D eigenvalue weighted by molar-refractivity contribution is 4.88. The van der Waals surface area contributed by atoms with Crippen molar-refractivity contribution in [3.05, 3.63) is 0 Å². The maximum Gasteiger partial charge on any atom is 0.0123 e. The normalized spacial score (nSPS) is 34.8. The van der Waals surface area contributed by atoms with Crippen LogP contribution in [0, 0.1) is 5.92 Å². The summed E-state index contributed by atoms with van der Waals surface area (Å²) in [5, 5.41) is 0. The molecule has 2 rings (SSSR count). The van der Waals surface area contributed by atoms with E-state index in [2.05, 4.69) is 11.8 Å². The van der Waals surface area contributed by atoms with Crippen LogP contribution in [0.1, 0.15) is 51.9 Å². The molecule has 13 heavy (non-hydrogen) atoms. The number of likely N-dealkylation sites (tertiary alicyclic amines) is 1. The summed E-state index contributed by atoms with van der Waals surface area (Å²) in [7, 11) is 0. The molecule has 2 unspecified atom stereocenters. The van der Waals surface area contributed by atoms with E-state index in [-0.39, 0.29) is 0 Å². The first-order valence-electron chi connectivity index (χ1n) is 6.16. The summed E-state index contributed by atoms with van der Waals surface area (Å²) in [6, 6.07) is 0.986. The van der Waals surface area contributed by atoms with Crippen molar-refractivity contribution in [3.63, 3.8) is 0 Å². The van der Waals surface area contributed by atoms with Gasteiger partial charge in [-0.05, 0) is 51.1 Å². The molecule has 0 spiro atoms. The van der Waals surface area contributed by atoms with Crippen LogP contribution in [-0.2, 0) is 0 Å². The van der Waals surface area contributed by atoms with Crippen molar-refractivity contribution >= 4 is 0 Å². The van der Waals surface area contributed by atoms with Gasteiger partial charge in [0.15, 0.2) is 0 Å². The van der Waals surface area contributed by atoms with Crippen LogP contribution >= 0.6 is 0 Å². The van der Waals surface area contributed by atoms with E-state index in [9.17, 15) is 0 Å². The quantitative estimate of drug-likeness (QED) is 0.647. The Hall–Kier alpha value is -0.0400. The number of hydrogen-bond donors (Lipinski definition) is 0. The molecule has 1 nitrogen and oxygen atoms in total. The highest BCUT2D eigenvalue weighted by Crippen LogP contribution is 2.36. The van der Waals surface area contributed by atoms with Gasteiger partial charge in [-0.1, -0.05) is 19.8 Å². The summed E-state index contributed by atoms with van der Waals surface area (Å²) in [6.07, 6.45) is 10.3. The van der Waals surface area contributed by atoms with Gasteiger partial charge < -0.3 is 4.90 Å². The molecule has 0 aromatic heterocycles. The van der Waals surface area contributed by atoms with Gasteiger partial charge in [0, 0.05) is 6.04 Å². The average molecular weight is 181 g/mol. The fourth-order valence-corrected chi connectivity index (χ4v) is 3.20. The fraction of sp³-hybridized carbons (Fsp3) is 1.00. The van der Waals surface area contributed by atoms with Crippen LogP contribution in [0.4, 0.5) is 0 Å². The lowest BCUT2D eigenvalue weighted by atomic mass is 9.92. The minimum atomic E-state index is 0.986. The van der Waals surface area contributed by atoms with Gasteiger partial charge in [0.2, 0.25) is 0 Å². The van der Waals surface area contributed by atoms with Gasteiger partial charge in [-0.25, -0.2) is 0 Å². The van der Waals surface area contributed by atoms with Gasteiger partial charge in [0.1, 0.15) is 0 Å². The second-order valence-electron chi connectivity index (χ2n) is 4.79. The Labute approximate surface area is 82.5 Å². The molecule has 1 saturated heterocycles. The number of hydrogen-bond acceptors (Lipinski definition) is 1. The first kappa shape index (κ1) is 9.51. The fourth-order valence-electron chi connectivity index (χ4n) is 3.20. The average Bonchev–Trinajstić information content (AvgIpc) is 2.62. The van der Waals surface area contributed by atoms with Crippen LogP contribution in [0.5, 0.6) is 0 Å². The smallest absolute Gasteiger partial charge is 0.0123 e. The summed E-state index contributed by atoms with van der Waals surface area (Å²) in [4.78, 5) is 2.78. The van der Waals surface area contributed by atoms with Crippen LogP contribution in [0.3, 0.4) is 0 Å². The highest BCUT2D eigenvalue weighted by Gasteiger charge is 2.34. The zero-order valence-electron chi connectivity index (χ0n) is 8.97. The summed E-state index contributed by atoms with van der Waals surface area (Å²) in [5.74, 6) is 1.07. The molecular formula is C12H23N. The number of unbranched alkanes of at least 4 members (excludes halogenated alkanes) is 1. The molecule has 1 heteroatoms.